The predicted molar refractivity (Wildman–Crippen MR) is 70.0 cm³/mol. The molecule has 1 N–H and O–H groups in total. The Hall–Kier alpha value is -1.27. The van der Waals surface area contributed by atoms with Crippen LogP contribution in [0.3, 0.4) is 0 Å². The number of aryl methyl sites for hydroxylation is 1. The molecule has 0 aromatic carbocycles. The molecule has 4 nitrogen and oxygen atoms in total. The first-order valence-corrected chi connectivity index (χ1v) is 6.62. The molecule has 0 atom stereocenters. The van der Waals surface area contributed by atoms with Crippen LogP contribution < -0.4 is 5.32 Å². The lowest BCUT2D eigenvalue weighted by Crippen LogP contribution is -2.23. The Morgan fingerprint density at radius 1 is 1.47 bits per heavy atom. The van der Waals surface area contributed by atoms with Gasteiger partial charge in [0, 0.05) is 12.7 Å². The van der Waals surface area contributed by atoms with Crippen molar-refractivity contribution in [3.63, 3.8) is 0 Å². The van der Waals surface area contributed by atoms with Crippen LogP contribution in [0.15, 0.2) is 27.6 Å². The van der Waals surface area contributed by atoms with E-state index in [4.69, 9.17) is 0 Å². The number of rotatable bonds is 3. The van der Waals surface area contributed by atoms with E-state index in [-0.39, 0.29) is 5.91 Å². The normalized spacial score (nSPS) is 10.2. The molecule has 2 aromatic rings. The molecule has 0 saturated heterocycles. The lowest BCUT2D eigenvalue weighted by atomic mass is 10.3. The first kappa shape index (κ1) is 12.2. The minimum Gasteiger partial charge on any atom is -0.347 e. The molecule has 0 saturated carbocycles. The fourth-order valence-corrected chi connectivity index (χ4v) is 2.43. The number of aromatic nitrogens is 2. The quantitative estimate of drug-likeness (QED) is 0.947. The molecule has 0 aliphatic carbocycles. The maximum atomic E-state index is 11.7. The molecular weight excluding hydrogens is 302 g/mol. The van der Waals surface area contributed by atoms with Crippen LogP contribution in [0.1, 0.15) is 21.7 Å². The maximum absolute atomic E-state index is 11.7. The van der Waals surface area contributed by atoms with Crippen LogP contribution in [0, 0.1) is 6.92 Å². The Labute approximate surface area is 111 Å². The summed E-state index contributed by atoms with van der Waals surface area (Å²) in [5.41, 5.74) is 2.20. The Kier molecular flexibility index (Phi) is 3.86. The molecule has 88 valence electrons. The summed E-state index contributed by atoms with van der Waals surface area (Å²) in [6.07, 6.45) is 3.06. The van der Waals surface area contributed by atoms with Crippen LogP contribution >= 0.6 is 27.3 Å². The van der Waals surface area contributed by atoms with Gasteiger partial charge in [0.25, 0.3) is 5.91 Å². The molecule has 0 spiro atoms. The second-order valence-corrected chi connectivity index (χ2v) is 5.78. The Morgan fingerprint density at radius 3 is 2.88 bits per heavy atom. The zero-order valence-electron chi connectivity index (χ0n) is 9.11. The number of hydrogen-bond donors (Lipinski definition) is 1. The summed E-state index contributed by atoms with van der Waals surface area (Å²) < 4.78 is 1.05. The summed E-state index contributed by atoms with van der Waals surface area (Å²) in [6.45, 7) is 2.33. The van der Waals surface area contributed by atoms with E-state index in [0.29, 0.717) is 12.2 Å². The summed E-state index contributed by atoms with van der Waals surface area (Å²) in [6, 6.07) is 1.98. The molecule has 2 heterocycles. The van der Waals surface area contributed by atoms with Gasteiger partial charge in [-0.1, -0.05) is 0 Å². The molecule has 0 radical (unpaired) electrons. The molecular formula is C11H10BrN3OS. The van der Waals surface area contributed by atoms with E-state index in [2.05, 4.69) is 31.2 Å². The van der Waals surface area contributed by atoms with Crippen molar-refractivity contribution >= 4 is 33.2 Å². The van der Waals surface area contributed by atoms with E-state index < -0.39 is 0 Å². The molecule has 17 heavy (non-hydrogen) atoms. The highest BCUT2D eigenvalue weighted by atomic mass is 79.9. The highest BCUT2D eigenvalue weighted by Crippen LogP contribution is 2.20. The van der Waals surface area contributed by atoms with E-state index in [1.54, 1.807) is 17.5 Å². The van der Waals surface area contributed by atoms with Crippen LogP contribution in [0.2, 0.25) is 0 Å². The minimum absolute atomic E-state index is 0.208. The van der Waals surface area contributed by atoms with Gasteiger partial charge in [-0.15, -0.1) is 11.3 Å². The molecule has 0 unspecified atom stereocenters. The largest absolute Gasteiger partial charge is 0.347 e. The number of nitrogens with zero attached hydrogens (tertiary/aromatic N) is 2. The van der Waals surface area contributed by atoms with E-state index in [1.165, 1.54) is 6.20 Å². The summed E-state index contributed by atoms with van der Waals surface area (Å²) in [4.78, 5) is 19.8. The first-order chi connectivity index (χ1) is 8.15. The Balaban J connectivity index is 1.95. The van der Waals surface area contributed by atoms with Crippen molar-refractivity contribution in [2.75, 3.05) is 0 Å². The zero-order valence-corrected chi connectivity index (χ0v) is 11.5. The van der Waals surface area contributed by atoms with Crippen molar-refractivity contribution in [3.8, 4) is 0 Å². The number of amides is 1. The average Bonchev–Trinajstić information content (AvgIpc) is 2.73. The third-order valence-corrected chi connectivity index (χ3v) is 3.64. The second kappa shape index (κ2) is 5.37. The minimum atomic E-state index is -0.208. The van der Waals surface area contributed by atoms with Crippen LogP contribution in [-0.4, -0.2) is 15.9 Å². The number of carbonyl (C=O) groups is 1. The molecule has 0 fully saturated rings. The van der Waals surface area contributed by atoms with E-state index in [0.717, 1.165) is 15.0 Å². The predicted octanol–water partition coefficient (Wildman–Crippen LogP) is 2.54. The van der Waals surface area contributed by atoms with E-state index in [9.17, 15) is 4.79 Å². The van der Waals surface area contributed by atoms with Crippen LogP contribution in [-0.2, 0) is 6.54 Å². The van der Waals surface area contributed by atoms with Crippen molar-refractivity contribution in [2.24, 2.45) is 0 Å². The van der Waals surface area contributed by atoms with Crippen molar-refractivity contribution in [1.29, 1.82) is 0 Å². The number of carbonyl (C=O) groups excluding carboxylic acids is 1. The van der Waals surface area contributed by atoms with Gasteiger partial charge in [0.05, 0.1) is 15.7 Å². The van der Waals surface area contributed by atoms with Crippen molar-refractivity contribution in [1.82, 2.24) is 15.3 Å². The van der Waals surface area contributed by atoms with Crippen molar-refractivity contribution in [2.45, 2.75) is 13.5 Å². The van der Waals surface area contributed by atoms with E-state index >= 15 is 0 Å². The summed E-state index contributed by atoms with van der Waals surface area (Å²) >= 11 is 4.97. The molecule has 0 aliphatic heterocycles. The fraction of sp³-hybridized carbons (Fsp3) is 0.182. The van der Waals surface area contributed by atoms with Crippen LogP contribution in [0.25, 0.3) is 0 Å². The van der Waals surface area contributed by atoms with Crippen molar-refractivity contribution < 1.29 is 4.79 Å². The zero-order chi connectivity index (χ0) is 12.3. The monoisotopic (exact) mass is 311 g/mol. The molecule has 6 heteroatoms. The highest BCUT2D eigenvalue weighted by Gasteiger charge is 2.07. The molecule has 2 aromatic heterocycles. The van der Waals surface area contributed by atoms with Gasteiger partial charge in [0.1, 0.15) is 5.69 Å². The molecule has 1 amide bonds. The third-order valence-electron chi connectivity index (χ3n) is 2.09. The molecule has 0 bridgehead atoms. The number of halogens is 1. The third kappa shape index (κ3) is 3.34. The lowest BCUT2D eigenvalue weighted by Gasteiger charge is -2.02. The Bertz CT molecular complexity index is 524. The standard InChI is InChI=1S/C11H10BrN3OS/c1-7-3-14-9(5-13-7)11(16)15-4-8-2-10(12)17-6-8/h2-3,5-6H,4H2,1H3,(H,15,16). The topological polar surface area (TPSA) is 54.9 Å². The maximum Gasteiger partial charge on any atom is 0.271 e. The van der Waals surface area contributed by atoms with Crippen LogP contribution in [0.5, 0.6) is 0 Å². The second-order valence-electron chi connectivity index (χ2n) is 3.48. The van der Waals surface area contributed by atoms with Gasteiger partial charge in [-0.05, 0) is 39.9 Å². The first-order valence-electron chi connectivity index (χ1n) is 4.95. The summed E-state index contributed by atoms with van der Waals surface area (Å²) in [7, 11) is 0. The lowest BCUT2D eigenvalue weighted by molar-refractivity contribution is 0.0945. The number of thiophene rings is 1. The average molecular weight is 312 g/mol. The smallest absolute Gasteiger partial charge is 0.271 e. The molecule has 0 aliphatic rings. The van der Waals surface area contributed by atoms with Gasteiger partial charge < -0.3 is 5.32 Å². The fourth-order valence-electron chi connectivity index (χ4n) is 1.22. The van der Waals surface area contributed by atoms with Gasteiger partial charge in [-0.2, -0.15) is 0 Å². The van der Waals surface area contributed by atoms with Crippen LogP contribution in [0.4, 0.5) is 0 Å². The highest BCUT2D eigenvalue weighted by molar-refractivity contribution is 9.11. The summed E-state index contributed by atoms with van der Waals surface area (Å²) in [5.74, 6) is -0.208. The number of hydrogen-bond acceptors (Lipinski definition) is 4. The van der Waals surface area contributed by atoms with Gasteiger partial charge in [0.2, 0.25) is 0 Å². The van der Waals surface area contributed by atoms with Gasteiger partial charge >= 0.3 is 0 Å². The number of nitrogens with one attached hydrogen (secondary N) is 1. The van der Waals surface area contributed by atoms with E-state index in [1.807, 2.05) is 18.4 Å². The van der Waals surface area contributed by atoms with Crippen molar-refractivity contribution in [3.05, 3.63) is 44.6 Å². The van der Waals surface area contributed by atoms with Gasteiger partial charge in [-0.25, -0.2) is 4.98 Å². The Morgan fingerprint density at radius 2 is 2.29 bits per heavy atom. The summed E-state index contributed by atoms with van der Waals surface area (Å²) in [5, 5.41) is 4.78. The van der Waals surface area contributed by atoms with Gasteiger partial charge in [0.15, 0.2) is 0 Å². The molecule has 2 rings (SSSR count). The SMILES string of the molecule is Cc1cnc(C(=O)NCc2csc(Br)c2)cn1. The van der Waals surface area contributed by atoms with Gasteiger partial charge in [-0.3, -0.25) is 9.78 Å².